The zero-order valence-corrected chi connectivity index (χ0v) is 12.5. The third-order valence-corrected chi connectivity index (χ3v) is 4.78. The number of nitrogens with one attached hydrogen (secondary N) is 1. The minimum atomic E-state index is -0.489. The zero-order valence-electron chi connectivity index (χ0n) is 12.5. The highest BCUT2D eigenvalue weighted by atomic mass is 16.5. The molecule has 21 heavy (non-hydrogen) atoms. The third-order valence-electron chi connectivity index (χ3n) is 4.78. The molecule has 1 atom stereocenters. The Labute approximate surface area is 125 Å². The maximum Gasteiger partial charge on any atom is 0.245 e. The second-order valence-electron chi connectivity index (χ2n) is 6.71. The number of carbonyl (C=O) groups is 2. The second-order valence-corrected chi connectivity index (χ2v) is 6.71. The molecule has 6 nitrogen and oxygen atoms in total. The van der Waals surface area contributed by atoms with E-state index in [-0.39, 0.29) is 17.4 Å². The van der Waals surface area contributed by atoms with Crippen LogP contribution < -0.4 is 11.1 Å². The highest BCUT2D eigenvalue weighted by Gasteiger charge is 2.39. The third kappa shape index (κ3) is 3.55. The molecule has 1 aliphatic heterocycles. The van der Waals surface area contributed by atoms with Gasteiger partial charge in [-0.2, -0.15) is 0 Å². The standard InChI is InChI=1S/C15H25N3O3/c16-15(5-1-2-6-15)9-13(19)18-7-8-21-10-12(18)14(20)17-11-3-4-11/h11-12H,1-10,16H2,(H,17,20). The molecule has 118 valence electrons. The van der Waals surface area contributed by atoms with Crippen molar-refractivity contribution >= 4 is 11.8 Å². The Kier molecular flexibility index (Phi) is 4.17. The molecule has 0 aromatic carbocycles. The van der Waals surface area contributed by atoms with Crippen molar-refractivity contribution in [3.05, 3.63) is 0 Å². The van der Waals surface area contributed by atoms with E-state index in [2.05, 4.69) is 5.32 Å². The Hall–Kier alpha value is -1.14. The van der Waals surface area contributed by atoms with Crippen molar-refractivity contribution in [2.24, 2.45) is 5.73 Å². The molecule has 3 fully saturated rings. The second kappa shape index (κ2) is 5.93. The van der Waals surface area contributed by atoms with E-state index >= 15 is 0 Å². The summed E-state index contributed by atoms with van der Waals surface area (Å²) in [5.41, 5.74) is 5.93. The summed E-state index contributed by atoms with van der Waals surface area (Å²) in [6, 6.07) is -0.191. The first-order valence-electron chi connectivity index (χ1n) is 8.04. The van der Waals surface area contributed by atoms with E-state index in [1.165, 1.54) is 0 Å². The van der Waals surface area contributed by atoms with Crippen molar-refractivity contribution in [1.29, 1.82) is 0 Å². The van der Waals surface area contributed by atoms with Crippen molar-refractivity contribution in [3.63, 3.8) is 0 Å². The van der Waals surface area contributed by atoms with E-state index < -0.39 is 6.04 Å². The van der Waals surface area contributed by atoms with Gasteiger partial charge in [0.05, 0.1) is 13.2 Å². The molecule has 0 aromatic heterocycles. The fraction of sp³-hybridized carbons (Fsp3) is 0.867. The number of nitrogens with zero attached hydrogens (tertiary/aromatic N) is 1. The van der Waals surface area contributed by atoms with Crippen molar-refractivity contribution in [3.8, 4) is 0 Å². The predicted octanol–water partition coefficient (Wildman–Crippen LogP) is 0.154. The molecule has 3 N–H and O–H groups in total. The Morgan fingerprint density at radius 3 is 2.67 bits per heavy atom. The molecule has 2 saturated carbocycles. The first kappa shape index (κ1) is 14.8. The maximum absolute atomic E-state index is 12.6. The summed E-state index contributed by atoms with van der Waals surface area (Å²) < 4.78 is 5.39. The van der Waals surface area contributed by atoms with Gasteiger partial charge in [0.25, 0.3) is 0 Å². The smallest absolute Gasteiger partial charge is 0.245 e. The maximum atomic E-state index is 12.6. The summed E-state index contributed by atoms with van der Waals surface area (Å²) in [5, 5.41) is 2.97. The number of morpholine rings is 1. The van der Waals surface area contributed by atoms with Gasteiger partial charge in [-0.25, -0.2) is 0 Å². The molecule has 1 heterocycles. The molecule has 3 rings (SSSR count). The normalized spacial score (nSPS) is 28.4. The number of rotatable bonds is 4. The molecule has 6 heteroatoms. The van der Waals surface area contributed by atoms with Crippen LogP contribution in [0.4, 0.5) is 0 Å². The average molecular weight is 295 g/mol. The summed E-state index contributed by atoms with van der Waals surface area (Å²) in [7, 11) is 0. The predicted molar refractivity (Wildman–Crippen MR) is 77.5 cm³/mol. The Bertz CT molecular complexity index is 416. The molecule has 3 aliphatic rings. The Morgan fingerprint density at radius 1 is 1.29 bits per heavy atom. The van der Waals surface area contributed by atoms with Gasteiger partial charge in [-0.15, -0.1) is 0 Å². The molecule has 0 spiro atoms. The van der Waals surface area contributed by atoms with Crippen LogP contribution in [0.15, 0.2) is 0 Å². The Balaban J connectivity index is 1.62. The Morgan fingerprint density at radius 2 is 2.00 bits per heavy atom. The van der Waals surface area contributed by atoms with Crippen LogP contribution >= 0.6 is 0 Å². The van der Waals surface area contributed by atoms with Crippen molar-refractivity contribution in [2.45, 2.75) is 62.6 Å². The lowest BCUT2D eigenvalue weighted by Crippen LogP contribution is -2.57. The van der Waals surface area contributed by atoms with E-state index in [9.17, 15) is 9.59 Å². The van der Waals surface area contributed by atoms with E-state index in [1.54, 1.807) is 4.90 Å². The van der Waals surface area contributed by atoms with Crippen LogP contribution in [0.2, 0.25) is 0 Å². The van der Waals surface area contributed by atoms with Crippen LogP contribution in [-0.4, -0.2) is 54.1 Å². The lowest BCUT2D eigenvalue weighted by atomic mass is 9.93. The molecule has 0 bridgehead atoms. The number of hydrogen-bond donors (Lipinski definition) is 2. The SMILES string of the molecule is NC1(CC(=O)N2CCOCC2C(=O)NC2CC2)CCCC1. The van der Waals surface area contributed by atoms with E-state index in [4.69, 9.17) is 10.5 Å². The molecule has 0 radical (unpaired) electrons. The van der Waals surface area contributed by atoms with Gasteiger partial charge in [-0.05, 0) is 25.7 Å². The van der Waals surface area contributed by atoms with Crippen LogP contribution in [0.5, 0.6) is 0 Å². The minimum Gasteiger partial charge on any atom is -0.377 e. The fourth-order valence-corrected chi connectivity index (χ4v) is 3.30. The van der Waals surface area contributed by atoms with Crippen LogP contribution in [0.1, 0.15) is 44.9 Å². The molecular weight excluding hydrogens is 270 g/mol. The minimum absolute atomic E-state index is 0.00125. The van der Waals surface area contributed by atoms with E-state index in [0.717, 1.165) is 38.5 Å². The van der Waals surface area contributed by atoms with Gasteiger partial charge in [0.1, 0.15) is 6.04 Å². The zero-order chi connectivity index (χ0) is 14.9. The summed E-state index contributed by atoms with van der Waals surface area (Å²) in [6.45, 7) is 1.27. The monoisotopic (exact) mass is 295 g/mol. The lowest BCUT2D eigenvalue weighted by molar-refractivity contribution is -0.149. The topological polar surface area (TPSA) is 84.7 Å². The number of ether oxygens (including phenoxy) is 1. The summed E-state index contributed by atoms with van der Waals surface area (Å²) in [5.74, 6) is -0.0818. The van der Waals surface area contributed by atoms with Crippen LogP contribution in [-0.2, 0) is 14.3 Å². The first-order chi connectivity index (χ1) is 10.1. The van der Waals surface area contributed by atoms with Crippen LogP contribution in [0.25, 0.3) is 0 Å². The van der Waals surface area contributed by atoms with Gasteiger partial charge in [0.15, 0.2) is 0 Å². The molecule has 2 aliphatic carbocycles. The fourth-order valence-electron chi connectivity index (χ4n) is 3.30. The molecule has 1 saturated heterocycles. The van der Waals surface area contributed by atoms with Crippen LogP contribution in [0, 0.1) is 0 Å². The van der Waals surface area contributed by atoms with Gasteiger partial charge in [-0.1, -0.05) is 12.8 Å². The summed E-state index contributed by atoms with van der Waals surface area (Å²) in [4.78, 5) is 26.5. The van der Waals surface area contributed by atoms with Crippen LogP contribution in [0.3, 0.4) is 0 Å². The van der Waals surface area contributed by atoms with Gasteiger partial charge in [0, 0.05) is 24.5 Å². The lowest BCUT2D eigenvalue weighted by Gasteiger charge is -2.36. The van der Waals surface area contributed by atoms with Gasteiger partial charge >= 0.3 is 0 Å². The van der Waals surface area contributed by atoms with E-state index in [0.29, 0.717) is 32.2 Å². The molecule has 1 unspecified atom stereocenters. The van der Waals surface area contributed by atoms with Crippen molar-refractivity contribution < 1.29 is 14.3 Å². The number of nitrogens with two attached hydrogens (primary N) is 1. The van der Waals surface area contributed by atoms with Crippen molar-refractivity contribution in [1.82, 2.24) is 10.2 Å². The average Bonchev–Trinajstić information content (AvgIpc) is 3.18. The molecule has 2 amide bonds. The van der Waals surface area contributed by atoms with Crippen molar-refractivity contribution in [2.75, 3.05) is 19.8 Å². The van der Waals surface area contributed by atoms with Gasteiger partial charge < -0.3 is 20.7 Å². The molecule has 0 aromatic rings. The highest BCUT2D eigenvalue weighted by Crippen LogP contribution is 2.31. The van der Waals surface area contributed by atoms with Gasteiger partial charge in [-0.3, -0.25) is 9.59 Å². The quantitative estimate of drug-likeness (QED) is 0.773. The largest absolute Gasteiger partial charge is 0.377 e. The highest BCUT2D eigenvalue weighted by molar-refractivity contribution is 5.88. The summed E-state index contributed by atoms with van der Waals surface area (Å²) >= 11 is 0. The molecular formula is C15H25N3O3. The first-order valence-corrected chi connectivity index (χ1v) is 8.04. The number of carbonyl (C=O) groups excluding carboxylic acids is 2. The summed E-state index contributed by atoms with van der Waals surface area (Å²) in [6.07, 6.45) is 6.43. The van der Waals surface area contributed by atoms with Gasteiger partial charge in [0.2, 0.25) is 11.8 Å². The number of amides is 2. The van der Waals surface area contributed by atoms with E-state index in [1.807, 2.05) is 0 Å². The number of hydrogen-bond acceptors (Lipinski definition) is 4.